The van der Waals surface area contributed by atoms with Crippen LogP contribution in [0.25, 0.3) is 0 Å². The van der Waals surface area contributed by atoms with Crippen molar-refractivity contribution in [3.8, 4) is 0 Å². The molecule has 2 rings (SSSR count). The molecule has 7 N–H and O–H groups in total. The van der Waals surface area contributed by atoms with E-state index in [1.165, 1.54) is 0 Å². The summed E-state index contributed by atoms with van der Waals surface area (Å²) in [5, 5.41) is 27.7. The first-order valence-corrected chi connectivity index (χ1v) is 17.8. The van der Waals surface area contributed by atoms with Gasteiger partial charge in [-0.3, -0.25) is 24.0 Å². The number of ether oxygens (including phenoxy) is 1. The molecule has 0 unspecified atom stereocenters. The van der Waals surface area contributed by atoms with Crippen LogP contribution >= 0.6 is 0 Å². The molecule has 0 saturated heterocycles. The van der Waals surface area contributed by atoms with E-state index in [9.17, 15) is 33.9 Å². The van der Waals surface area contributed by atoms with Crippen LogP contribution in [0.1, 0.15) is 79.7 Å². The molecule has 51 heavy (non-hydrogen) atoms. The van der Waals surface area contributed by atoms with Crippen molar-refractivity contribution in [2.45, 2.75) is 111 Å². The number of benzene rings is 1. The van der Waals surface area contributed by atoms with Gasteiger partial charge in [0.1, 0.15) is 18.1 Å². The topological polar surface area (TPSA) is 204 Å². The molecular formula is C37H58N6O8. The van der Waals surface area contributed by atoms with E-state index >= 15 is 0 Å². The lowest BCUT2D eigenvalue weighted by Gasteiger charge is -2.30. The second-order valence-corrected chi connectivity index (χ2v) is 14.2. The third-order valence-electron chi connectivity index (χ3n) is 8.46. The molecule has 6 amide bonds. The third-order valence-corrected chi connectivity index (χ3v) is 8.46. The Hall–Kier alpha value is -4.46. The van der Waals surface area contributed by atoms with Gasteiger partial charge in [0.2, 0.25) is 29.5 Å². The molecule has 0 aromatic heterocycles. The lowest BCUT2D eigenvalue weighted by molar-refractivity contribution is -0.134. The highest BCUT2D eigenvalue weighted by atomic mass is 16.5. The summed E-state index contributed by atoms with van der Waals surface area (Å²) >= 11 is 0. The average molecular weight is 715 g/mol. The quantitative estimate of drug-likeness (QED) is 0.142. The molecule has 6 atom stereocenters. The van der Waals surface area contributed by atoms with Crippen LogP contribution in [0.2, 0.25) is 0 Å². The summed E-state index contributed by atoms with van der Waals surface area (Å²) in [7, 11) is 0. The van der Waals surface area contributed by atoms with Gasteiger partial charge in [-0.05, 0) is 42.6 Å². The van der Waals surface area contributed by atoms with Gasteiger partial charge >= 0.3 is 6.09 Å². The average Bonchev–Trinajstić information content (AvgIpc) is 3.07. The van der Waals surface area contributed by atoms with Gasteiger partial charge < -0.3 is 41.7 Å². The van der Waals surface area contributed by atoms with Crippen LogP contribution < -0.4 is 31.9 Å². The van der Waals surface area contributed by atoms with Crippen LogP contribution in [0.5, 0.6) is 0 Å². The van der Waals surface area contributed by atoms with Crippen LogP contribution in [0, 0.1) is 23.7 Å². The number of aliphatic hydroxyl groups is 1. The molecule has 0 radical (unpaired) electrons. The minimum absolute atomic E-state index is 0.0193. The van der Waals surface area contributed by atoms with Crippen molar-refractivity contribution in [1.29, 1.82) is 0 Å². The minimum Gasteiger partial charge on any atom is -0.449 e. The van der Waals surface area contributed by atoms with Crippen molar-refractivity contribution in [3.63, 3.8) is 0 Å². The molecule has 1 aliphatic heterocycles. The monoisotopic (exact) mass is 714 g/mol. The molecule has 1 aromatic carbocycles. The van der Waals surface area contributed by atoms with Crippen molar-refractivity contribution in [2.24, 2.45) is 23.7 Å². The molecule has 14 heteroatoms. The van der Waals surface area contributed by atoms with Gasteiger partial charge in [-0.25, -0.2) is 4.79 Å². The van der Waals surface area contributed by atoms with Gasteiger partial charge in [-0.2, -0.15) is 0 Å². The van der Waals surface area contributed by atoms with E-state index in [0.717, 1.165) is 5.56 Å². The SMILES string of the molecule is CC(C)C[C@H](NC(=O)[C@@H]1CC(=O)NC/C=C\CCOC(=O)N[C@@H](C(C)C)C(=O)N1)[C@@H](O)C[C@@H](C)C(=O)N[C@H](C(=O)NCc1ccccc1)C(C)C. The number of rotatable bonds is 14. The van der Waals surface area contributed by atoms with Crippen molar-refractivity contribution in [2.75, 3.05) is 13.2 Å². The predicted molar refractivity (Wildman–Crippen MR) is 193 cm³/mol. The lowest BCUT2D eigenvalue weighted by atomic mass is 9.91. The van der Waals surface area contributed by atoms with Crippen LogP contribution in [0.15, 0.2) is 42.5 Å². The maximum atomic E-state index is 13.7. The number of hydrogen-bond acceptors (Lipinski definition) is 8. The highest BCUT2D eigenvalue weighted by Gasteiger charge is 2.34. The summed E-state index contributed by atoms with van der Waals surface area (Å²) in [6, 6.07) is 5.38. The number of hydrogen-bond donors (Lipinski definition) is 7. The molecule has 1 aliphatic rings. The van der Waals surface area contributed by atoms with Gasteiger partial charge in [0.05, 0.1) is 25.2 Å². The van der Waals surface area contributed by atoms with Crippen LogP contribution in [0.4, 0.5) is 4.79 Å². The number of nitrogens with one attached hydrogen (secondary N) is 6. The second kappa shape index (κ2) is 21.7. The Morgan fingerprint density at radius 2 is 1.59 bits per heavy atom. The number of amides is 6. The largest absolute Gasteiger partial charge is 0.449 e. The standard InChI is InChI=1S/C37H58N6O8/c1-22(2)18-27(29(44)19-25(7)33(46)42-31(23(3)4)35(48)39-21-26-14-10-8-11-15-26)40-34(47)28-20-30(45)38-16-12-9-13-17-51-37(50)43-32(24(5)6)36(49)41-28/h8-12,14-15,22-25,27-29,31-32,44H,13,16-21H2,1-7H3,(H,38,45)(H,39,48)(H,40,47)(H,41,49)(H,42,46)(H,43,50)/b12-9-/t25-,27+,28+,29+,31+,32+/m1/s1. The van der Waals surface area contributed by atoms with Crippen molar-refractivity contribution < 1.29 is 38.6 Å². The van der Waals surface area contributed by atoms with Gasteiger partial charge in [-0.15, -0.1) is 0 Å². The van der Waals surface area contributed by atoms with Gasteiger partial charge in [0, 0.05) is 19.0 Å². The highest BCUT2D eigenvalue weighted by molar-refractivity contribution is 5.94. The molecule has 0 spiro atoms. The first-order valence-electron chi connectivity index (χ1n) is 17.8. The summed E-state index contributed by atoms with van der Waals surface area (Å²) in [6.45, 7) is 13.1. The lowest BCUT2D eigenvalue weighted by Crippen LogP contribution is -2.58. The van der Waals surface area contributed by atoms with Crippen LogP contribution in [0.3, 0.4) is 0 Å². The summed E-state index contributed by atoms with van der Waals surface area (Å²) in [6.07, 6.45) is 1.77. The Balaban J connectivity index is 2.17. The number of carbonyl (C=O) groups excluding carboxylic acids is 6. The zero-order chi connectivity index (χ0) is 38.1. The fourth-order valence-electron chi connectivity index (χ4n) is 5.49. The maximum Gasteiger partial charge on any atom is 0.407 e. The Labute approximate surface area is 301 Å². The number of alkyl carbamates (subject to hydrolysis) is 1. The second-order valence-electron chi connectivity index (χ2n) is 14.2. The molecule has 284 valence electrons. The van der Waals surface area contributed by atoms with E-state index in [0.29, 0.717) is 19.4 Å². The van der Waals surface area contributed by atoms with Crippen LogP contribution in [-0.4, -0.2) is 84.2 Å². The summed E-state index contributed by atoms with van der Waals surface area (Å²) < 4.78 is 5.15. The third kappa shape index (κ3) is 15.5. The Kier molecular flexibility index (Phi) is 18.2. The fraction of sp³-hybridized carbons (Fsp3) is 0.622. The van der Waals surface area contributed by atoms with Gasteiger partial charge in [0.15, 0.2) is 0 Å². The van der Waals surface area contributed by atoms with E-state index in [4.69, 9.17) is 4.74 Å². The van der Waals surface area contributed by atoms with E-state index in [-0.39, 0.29) is 43.2 Å². The molecule has 14 nitrogen and oxygen atoms in total. The Morgan fingerprint density at radius 3 is 2.22 bits per heavy atom. The molecule has 1 heterocycles. The molecule has 0 aliphatic carbocycles. The number of cyclic esters (lactones) is 1. The molecule has 0 saturated carbocycles. The normalized spacial score (nSPS) is 20.6. The summed E-state index contributed by atoms with van der Waals surface area (Å²) in [5.74, 6) is -3.93. The smallest absolute Gasteiger partial charge is 0.407 e. The van der Waals surface area contributed by atoms with Crippen molar-refractivity contribution in [1.82, 2.24) is 31.9 Å². The van der Waals surface area contributed by atoms with Gasteiger partial charge in [-0.1, -0.05) is 91.0 Å². The fourth-order valence-corrected chi connectivity index (χ4v) is 5.49. The zero-order valence-electron chi connectivity index (χ0n) is 31.0. The van der Waals surface area contributed by atoms with E-state index in [1.807, 2.05) is 58.0 Å². The number of carbonyl (C=O) groups is 6. The van der Waals surface area contributed by atoms with Crippen LogP contribution in [-0.2, 0) is 35.3 Å². The summed E-state index contributed by atoms with van der Waals surface area (Å²) in [5.41, 5.74) is 0.922. The Morgan fingerprint density at radius 1 is 0.902 bits per heavy atom. The molecule has 1 aromatic rings. The van der Waals surface area contributed by atoms with Crippen molar-refractivity contribution >= 4 is 35.6 Å². The first kappa shape index (κ1) is 42.7. The summed E-state index contributed by atoms with van der Waals surface area (Å²) in [4.78, 5) is 78.6. The molecule has 0 bridgehead atoms. The highest BCUT2D eigenvalue weighted by Crippen LogP contribution is 2.17. The van der Waals surface area contributed by atoms with E-state index in [1.54, 1.807) is 32.9 Å². The van der Waals surface area contributed by atoms with E-state index < -0.39 is 72.3 Å². The first-order chi connectivity index (χ1) is 24.1. The zero-order valence-corrected chi connectivity index (χ0v) is 31.0. The van der Waals surface area contributed by atoms with Crippen molar-refractivity contribution in [3.05, 3.63) is 48.0 Å². The minimum atomic E-state index is -1.34. The Bertz CT molecular complexity index is 1340. The van der Waals surface area contributed by atoms with E-state index in [2.05, 4.69) is 31.9 Å². The molecule has 0 fully saturated rings. The number of aliphatic hydroxyl groups excluding tert-OH is 1. The maximum absolute atomic E-state index is 13.7. The predicted octanol–water partition coefficient (Wildman–Crippen LogP) is 2.06. The molecular weight excluding hydrogens is 656 g/mol. The van der Waals surface area contributed by atoms with Gasteiger partial charge in [0.25, 0.3) is 0 Å².